The molecule has 0 fully saturated rings. The van der Waals surface area contributed by atoms with Crippen molar-refractivity contribution in [3.63, 3.8) is 0 Å². The highest BCUT2D eigenvalue weighted by Crippen LogP contribution is 2.20. The molecule has 2 amide bonds. The molecule has 1 atom stereocenters. The predicted molar refractivity (Wildman–Crippen MR) is 103 cm³/mol. The summed E-state index contributed by atoms with van der Waals surface area (Å²) in [7, 11) is 0. The zero-order chi connectivity index (χ0) is 19.7. The van der Waals surface area contributed by atoms with Gasteiger partial charge in [-0.1, -0.05) is 24.3 Å². The van der Waals surface area contributed by atoms with Crippen LogP contribution < -0.4 is 10.9 Å². The van der Waals surface area contributed by atoms with Crippen LogP contribution in [0.25, 0.3) is 11.0 Å². The van der Waals surface area contributed by atoms with Gasteiger partial charge in [-0.15, -0.1) is 0 Å². The number of carbonyl (C=O) groups excluding carboxylic acids is 2. The average Bonchev–Trinajstić information content (AvgIpc) is 2.99. The molecule has 0 radical (unpaired) electrons. The first-order valence-corrected chi connectivity index (χ1v) is 8.66. The second-order valence-corrected chi connectivity index (χ2v) is 6.33. The van der Waals surface area contributed by atoms with Crippen molar-refractivity contribution in [3.8, 4) is 0 Å². The van der Waals surface area contributed by atoms with Gasteiger partial charge in [-0.3, -0.25) is 9.59 Å². The Morgan fingerprint density at radius 1 is 1.18 bits per heavy atom. The lowest BCUT2D eigenvalue weighted by Crippen LogP contribution is -2.37. The molecule has 0 spiro atoms. The summed E-state index contributed by atoms with van der Waals surface area (Å²) >= 11 is 0. The zero-order valence-corrected chi connectivity index (χ0v) is 15.0. The van der Waals surface area contributed by atoms with Gasteiger partial charge in [0, 0.05) is 18.1 Å². The van der Waals surface area contributed by atoms with E-state index < -0.39 is 23.4 Å². The average molecular weight is 376 g/mol. The van der Waals surface area contributed by atoms with E-state index in [4.69, 9.17) is 4.42 Å². The molecule has 8 heteroatoms. The van der Waals surface area contributed by atoms with Crippen molar-refractivity contribution in [3.05, 3.63) is 70.7 Å². The number of fused-ring (bicyclic) bond motifs is 1. The van der Waals surface area contributed by atoms with Gasteiger partial charge >= 0.3 is 5.63 Å². The van der Waals surface area contributed by atoms with Crippen molar-refractivity contribution < 1.29 is 14.0 Å². The van der Waals surface area contributed by atoms with Crippen LogP contribution in [0.5, 0.6) is 0 Å². The maximum absolute atomic E-state index is 12.8. The molecule has 2 aromatic heterocycles. The second-order valence-electron chi connectivity index (χ2n) is 6.33. The molecule has 8 nitrogen and oxygen atoms in total. The van der Waals surface area contributed by atoms with Crippen LogP contribution in [0.2, 0.25) is 0 Å². The van der Waals surface area contributed by atoms with E-state index in [-0.39, 0.29) is 12.1 Å². The SMILES string of the molecule is CC1=NN(C(=O)c2cc3ccccc3oc2=O)C(=O)C1CNc1ccccn1. The van der Waals surface area contributed by atoms with E-state index in [9.17, 15) is 14.4 Å². The van der Waals surface area contributed by atoms with E-state index in [0.717, 1.165) is 5.01 Å². The maximum Gasteiger partial charge on any atom is 0.349 e. The number of pyridine rings is 1. The standard InChI is InChI=1S/C20H16N4O4/c1-12-15(11-22-17-8-4-5-9-21-17)19(26)24(23-12)18(25)14-10-13-6-2-3-7-16(13)28-20(14)27/h2-10,15H,11H2,1H3,(H,21,22). The summed E-state index contributed by atoms with van der Waals surface area (Å²) in [6.07, 6.45) is 1.63. The summed E-state index contributed by atoms with van der Waals surface area (Å²) in [6, 6.07) is 13.6. The van der Waals surface area contributed by atoms with Crippen LogP contribution in [0.4, 0.5) is 5.82 Å². The fourth-order valence-electron chi connectivity index (χ4n) is 2.98. The third-order valence-electron chi connectivity index (χ3n) is 4.49. The van der Waals surface area contributed by atoms with Gasteiger partial charge in [0.1, 0.15) is 17.0 Å². The maximum atomic E-state index is 12.8. The first-order valence-electron chi connectivity index (χ1n) is 8.66. The number of imide groups is 1. The molecule has 28 heavy (non-hydrogen) atoms. The Morgan fingerprint density at radius 3 is 2.75 bits per heavy atom. The highest BCUT2D eigenvalue weighted by molar-refractivity contribution is 6.16. The van der Waals surface area contributed by atoms with Gasteiger partial charge in [0.25, 0.3) is 11.8 Å². The van der Waals surface area contributed by atoms with E-state index in [1.807, 2.05) is 6.07 Å². The van der Waals surface area contributed by atoms with Crippen LogP contribution in [-0.4, -0.2) is 34.1 Å². The molecule has 3 heterocycles. The monoisotopic (exact) mass is 376 g/mol. The number of nitrogens with one attached hydrogen (secondary N) is 1. The lowest BCUT2D eigenvalue weighted by atomic mass is 10.0. The molecule has 4 rings (SSSR count). The summed E-state index contributed by atoms with van der Waals surface area (Å²) in [4.78, 5) is 41.9. The quantitative estimate of drug-likeness (QED) is 0.553. The number of hydrogen-bond donors (Lipinski definition) is 1. The molecular weight excluding hydrogens is 360 g/mol. The number of hydrazone groups is 1. The normalized spacial score (nSPS) is 16.3. The Hall–Kier alpha value is -3.81. The molecule has 1 aliphatic rings. The Morgan fingerprint density at radius 2 is 1.96 bits per heavy atom. The molecule has 1 N–H and O–H groups in total. The highest BCUT2D eigenvalue weighted by Gasteiger charge is 2.38. The number of amides is 2. The van der Waals surface area contributed by atoms with E-state index in [0.29, 0.717) is 22.5 Å². The second kappa shape index (κ2) is 7.07. The molecule has 1 unspecified atom stereocenters. The van der Waals surface area contributed by atoms with E-state index in [1.54, 1.807) is 49.5 Å². The minimum atomic E-state index is -0.806. The molecule has 140 valence electrons. The predicted octanol–water partition coefficient (Wildman–Crippen LogP) is 2.27. The van der Waals surface area contributed by atoms with E-state index in [1.165, 1.54) is 6.07 Å². The third kappa shape index (κ3) is 3.16. The fraction of sp³-hybridized carbons (Fsp3) is 0.150. The summed E-state index contributed by atoms with van der Waals surface area (Å²) in [5, 5.41) is 8.45. The molecule has 1 aliphatic heterocycles. The molecule has 0 saturated heterocycles. The van der Waals surface area contributed by atoms with Crippen molar-refractivity contribution in [2.24, 2.45) is 11.0 Å². The third-order valence-corrected chi connectivity index (χ3v) is 4.49. The van der Waals surface area contributed by atoms with Crippen LogP contribution in [-0.2, 0) is 4.79 Å². The Kier molecular flexibility index (Phi) is 4.44. The van der Waals surface area contributed by atoms with E-state index in [2.05, 4.69) is 15.4 Å². The van der Waals surface area contributed by atoms with Crippen molar-refractivity contribution in [2.75, 3.05) is 11.9 Å². The number of anilines is 1. The minimum absolute atomic E-state index is 0.234. The van der Waals surface area contributed by atoms with Crippen molar-refractivity contribution in [1.82, 2.24) is 9.99 Å². The number of para-hydroxylation sites is 1. The molecule has 1 aromatic carbocycles. The van der Waals surface area contributed by atoms with Crippen molar-refractivity contribution in [2.45, 2.75) is 6.92 Å². The minimum Gasteiger partial charge on any atom is -0.422 e. The van der Waals surface area contributed by atoms with Gasteiger partial charge in [-0.25, -0.2) is 9.78 Å². The number of nitrogens with zero attached hydrogens (tertiary/aromatic N) is 3. The number of hydrogen-bond acceptors (Lipinski definition) is 7. The molecule has 0 aliphatic carbocycles. The number of rotatable bonds is 4. The Balaban J connectivity index is 1.56. The lowest BCUT2D eigenvalue weighted by molar-refractivity contribution is -0.128. The Bertz CT molecular complexity index is 1150. The summed E-state index contributed by atoms with van der Waals surface area (Å²) in [5.74, 6) is -1.32. The summed E-state index contributed by atoms with van der Waals surface area (Å²) < 4.78 is 5.18. The molecule has 0 saturated carbocycles. The molecular formula is C20H16N4O4. The van der Waals surface area contributed by atoms with Crippen LogP contribution in [0.1, 0.15) is 17.3 Å². The van der Waals surface area contributed by atoms with Gasteiger partial charge < -0.3 is 9.73 Å². The summed E-state index contributed by atoms with van der Waals surface area (Å²) in [5.41, 5.74) is -0.192. The zero-order valence-electron chi connectivity index (χ0n) is 15.0. The smallest absolute Gasteiger partial charge is 0.349 e. The topological polar surface area (TPSA) is 105 Å². The van der Waals surface area contributed by atoms with Gasteiger partial charge in [-0.05, 0) is 31.2 Å². The van der Waals surface area contributed by atoms with Crippen LogP contribution >= 0.6 is 0 Å². The van der Waals surface area contributed by atoms with Gasteiger partial charge in [0.15, 0.2) is 0 Å². The van der Waals surface area contributed by atoms with E-state index >= 15 is 0 Å². The first-order chi connectivity index (χ1) is 13.5. The number of carbonyl (C=O) groups is 2. The molecule has 3 aromatic rings. The largest absolute Gasteiger partial charge is 0.422 e. The number of benzene rings is 1. The highest BCUT2D eigenvalue weighted by atomic mass is 16.4. The first kappa shape index (κ1) is 17.6. The van der Waals surface area contributed by atoms with Gasteiger partial charge in [0.2, 0.25) is 0 Å². The lowest BCUT2D eigenvalue weighted by Gasteiger charge is -2.13. The van der Waals surface area contributed by atoms with Crippen LogP contribution in [0.3, 0.4) is 0 Å². The number of aromatic nitrogens is 1. The van der Waals surface area contributed by atoms with Crippen molar-refractivity contribution in [1.29, 1.82) is 0 Å². The Labute approximate surface area is 159 Å². The van der Waals surface area contributed by atoms with Crippen LogP contribution in [0, 0.1) is 5.92 Å². The van der Waals surface area contributed by atoms with Gasteiger partial charge in [-0.2, -0.15) is 10.1 Å². The molecule has 0 bridgehead atoms. The summed E-state index contributed by atoms with van der Waals surface area (Å²) in [6.45, 7) is 1.90. The fourth-order valence-corrected chi connectivity index (χ4v) is 2.98. The van der Waals surface area contributed by atoms with Gasteiger partial charge in [0.05, 0.1) is 11.6 Å². The van der Waals surface area contributed by atoms with Crippen molar-refractivity contribution >= 4 is 34.3 Å². The van der Waals surface area contributed by atoms with Crippen LogP contribution in [0.15, 0.2) is 69.0 Å².